The summed E-state index contributed by atoms with van der Waals surface area (Å²) < 4.78 is 9.40. The third kappa shape index (κ3) is 3.88. The summed E-state index contributed by atoms with van der Waals surface area (Å²) in [4.78, 5) is 6.61. The Kier molecular flexibility index (Phi) is 6.01. The van der Waals surface area contributed by atoms with Gasteiger partial charge in [0.15, 0.2) is 0 Å². The van der Waals surface area contributed by atoms with Crippen LogP contribution in [0.2, 0.25) is 0 Å². The van der Waals surface area contributed by atoms with E-state index in [4.69, 9.17) is 16.3 Å². The second-order valence-electron chi connectivity index (χ2n) is 3.76. The molecule has 0 aromatic carbocycles. The number of rotatable bonds is 7. The molecule has 1 aromatic heterocycles. The number of nitrogens with zero attached hydrogens (tertiary/aromatic N) is 3. The number of aromatic nitrogens is 2. The van der Waals surface area contributed by atoms with Gasteiger partial charge in [0, 0.05) is 43.5 Å². The molecule has 0 unspecified atom stereocenters. The maximum atomic E-state index is 5.77. The van der Waals surface area contributed by atoms with Crippen LogP contribution in [-0.4, -0.2) is 42.0 Å². The summed E-state index contributed by atoms with van der Waals surface area (Å²) in [5.74, 6) is 1.85. The molecule has 6 heteroatoms. The Balaban J connectivity index is 2.67. The van der Waals surface area contributed by atoms with E-state index in [0.29, 0.717) is 18.4 Å². The first kappa shape index (κ1) is 13.7. The van der Waals surface area contributed by atoms with Crippen molar-refractivity contribution in [3.63, 3.8) is 0 Å². The molecule has 0 bridgehead atoms. The predicted molar refractivity (Wildman–Crippen MR) is 68.8 cm³/mol. The van der Waals surface area contributed by atoms with Crippen LogP contribution in [0.1, 0.15) is 25.6 Å². The zero-order valence-corrected chi connectivity index (χ0v) is 11.5. The smallest absolute Gasteiger partial charge is 0.205 e. The number of methoxy groups -OCH3 is 1. The molecule has 0 aliphatic carbocycles. The van der Waals surface area contributed by atoms with E-state index in [-0.39, 0.29) is 0 Å². The normalized spacial score (nSPS) is 11.1. The topological polar surface area (TPSA) is 38.2 Å². The van der Waals surface area contributed by atoms with Gasteiger partial charge in [-0.1, -0.05) is 13.8 Å². The fourth-order valence-electron chi connectivity index (χ4n) is 1.20. The van der Waals surface area contributed by atoms with Crippen LogP contribution < -0.4 is 4.90 Å². The summed E-state index contributed by atoms with van der Waals surface area (Å²) in [5.41, 5.74) is 0. The van der Waals surface area contributed by atoms with Crippen molar-refractivity contribution < 1.29 is 4.74 Å². The van der Waals surface area contributed by atoms with Crippen LogP contribution in [0.15, 0.2) is 0 Å². The first-order valence-electron chi connectivity index (χ1n) is 5.32. The molecule has 1 aromatic rings. The van der Waals surface area contributed by atoms with Crippen LogP contribution in [0.4, 0.5) is 5.13 Å². The van der Waals surface area contributed by atoms with Gasteiger partial charge in [-0.05, 0) is 0 Å². The molecule has 1 rings (SSSR count). The van der Waals surface area contributed by atoms with E-state index >= 15 is 0 Å². The van der Waals surface area contributed by atoms with Crippen LogP contribution in [0.3, 0.4) is 0 Å². The fraction of sp³-hybridized carbons (Fsp3) is 0.800. The quantitative estimate of drug-likeness (QED) is 0.708. The number of ether oxygens (including phenoxy) is 1. The van der Waals surface area contributed by atoms with Gasteiger partial charge in [0.1, 0.15) is 5.82 Å². The third-order valence-corrected chi connectivity index (χ3v) is 3.10. The summed E-state index contributed by atoms with van der Waals surface area (Å²) in [7, 11) is 1.69. The second-order valence-corrected chi connectivity index (χ2v) is 4.87. The van der Waals surface area contributed by atoms with Gasteiger partial charge in [0.2, 0.25) is 5.13 Å². The monoisotopic (exact) mass is 263 g/mol. The van der Waals surface area contributed by atoms with Crippen LogP contribution >= 0.6 is 23.1 Å². The molecule has 0 atom stereocenters. The molecule has 0 N–H and O–H groups in total. The van der Waals surface area contributed by atoms with Crippen molar-refractivity contribution in [1.29, 1.82) is 0 Å². The molecule has 0 fully saturated rings. The summed E-state index contributed by atoms with van der Waals surface area (Å²) in [5, 5.41) is 0.932. The van der Waals surface area contributed by atoms with E-state index in [2.05, 4.69) is 28.1 Å². The number of hydrogen-bond donors (Lipinski definition) is 0. The lowest BCUT2D eigenvalue weighted by Crippen LogP contribution is -2.29. The van der Waals surface area contributed by atoms with Crippen molar-refractivity contribution in [3.8, 4) is 0 Å². The molecular weight excluding hydrogens is 246 g/mol. The third-order valence-electron chi connectivity index (χ3n) is 2.14. The lowest BCUT2D eigenvalue weighted by Gasteiger charge is -2.19. The van der Waals surface area contributed by atoms with Crippen LogP contribution in [-0.2, 0) is 4.74 Å². The van der Waals surface area contributed by atoms with E-state index < -0.39 is 0 Å². The Labute approximate surface area is 106 Å². The van der Waals surface area contributed by atoms with Crippen molar-refractivity contribution in [2.24, 2.45) is 0 Å². The Hall–Kier alpha value is -0.390. The van der Waals surface area contributed by atoms with E-state index in [9.17, 15) is 0 Å². The highest BCUT2D eigenvalue weighted by Crippen LogP contribution is 2.21. The average Bonchev–Trinajstić information content (AvgIpc) is 2.73. The maximum Gasteiger partial charge on any atom is 0.205 e. The van der Waals surface area contributed by atoms with Crippen molar-refractivity contribution >= 4 is 28.3 Å². The Morgan fingerprint density at radius 1 is 1.44 bits per heavy atom. The Bertz CT molecular complexity index is 306. The van der Waals surface area contributed by atoms with Gasteiger partial charge >= 0.3 is 0 Å². The zero-order chi connectivity index (χ0) is 12.0. The Morgan fingerprint density at radius 2 is 2.19 bits per heavy atom. The fourth-order valence-corrected chi connectivity index (χ4v) is 2.26. The molecular formula is C10H18ClN3OS. The van der Waals surface area contributed by atoms with Crippen LogP contribution in [0.5, 0.6) is 0 Å². The zero-order valence-electron chi connectivity index (χ0n) is 9.94. The Morgan fingerprint density at radius 3 is 2.69 bits per heavy atom. The number of alkyl halides is 1. The highest BCUT2D eigenvalue weighted by molar-refractivity contribution is 7.09. The molecule has 1 heterocycles. The molecule has 0 amide bonds. The van der Waals surface area contributed by atoms with Crippen molar-refractivity contribution in [2.75, 3.05) is 37.6 Å². The molecule has 92 valence electrons. The summed E-state index contributed by atoms with van der Waals surface area (Å²) >= 11 is 7.20. The maximum absolute atomic E-state index is 5.77. The number of halogens is 1. The van der Waals surface area contributed by atoms with E-state index in [0.717, 1.165) is 24.0 Å². The van der Waals surface area contributed by atoms with Crippen molar-refractivity contribution in [1.82, 2.24) is 9.36 Å². The lowest BCUT2D eigenvalue weighted by molar-refractivity contribution is 0.205. The van der Waals surface area contributed by atoms with E-state index in [1.165, 1.54) is 11.5 Å². The van der Waals surface area contributed by atoms with Crippen LogP contribution in [0, 0.1) is 0 Å². The molecule has 0 radical (unpaired) electrons. The SMILES string of the molecule is COCCN(CCCl)c1nc(C(C)C)ns1. The molecule has 0 saturated heterocycles. The average molecular weight is 264 g/mol. The minimum absolute atomic E-state index is 0.366. The number of anilines is 1. The van der Waals surface area contributed by atoms with Gasteiger partial charge in [-0.15, -0.1) is 11.6 Å². The van der Waals surface area contributed by atoms with Crippen molar-refractivity contribution in [3.05, 3.63) is 5.82 Å². The standard InChI is InChI=1S/C10H18ClN3OS/c1-8(2)9-12-10(16-13-9)14(5-4-11)6-7-15-3/h8H,4-7H2,1-3H3. The molecule has 16 heavy (non-hydrogen) atoms. The van der Waals surface area contributed by atoms with Gasteiger partial charge in [0.05, 0.1) is 6.61 Å². The summed E-state index contributed by atoms with van der Waals surface area (Å²) in [6, 6.07) is 0. The van der Waals surface area contributed by atoms with E-state index in [1.807, 2.05) is 0 Å². The molecule has 0 aliphatic rings. The van der Waals surface area contributed by atoms with E-state index in [1.54, 1.807) is 7.11 Å². The number of hydrogen-bond acceptors (Lipinski definition) is 5. The molecule has 4 nitrogen and oxygen atoms in total. The largest absolute Gasteiger partial charge is 0.383 e. The second kappa shape index (κ2) is 7.04. The molecule has 0 saturated carbocycles. The highest BCUT2D eigenvalue weighted by atomic mass is 35.5. The summed E-state index contributed by atoms with van der Waals surface area (Å²) in [6.45, 7) is 6.43. The van der Waals surface area contributed by atoms with Crippen LogP contribution in [0.25, 0.3) is 0 Å². The minimum atomic E-state index is 0.366. The first-order chi connectivity index (χ1) is 7.69. The van der Waals surface area contributed by atoms with Gasteiger partial charge in [0.25, 0.3) is 0 Å². The predicted octanol–water partition coefficient (Wildman–Crippen LogP) is 2.35. The van der Waals surface area contributed by atoms with Gasteiger partial charge in [-0.2, -0.15) is 4.37 Å². The highest BCUT2D eigenvalue weighted by Gasteiger charge is 2.13. The first-order valence-corrected chi connectivity index (χ1v) is 6.63. The van der Waals surface area contributed by atoms with Gasteiger partial charge in [-0.25, -0.2) is 4.98 Å². The molecule has 0 aliphatic heterocycles. The van der Waals surface area contributed by atoms with Gasteiger partial charge < -0.3 is 9.64 Å². The minimum Gasteiger partial charge on any atom is -0.383 e. The van der Waals surface area contributed by atoms with Crippen molar-refractivity contribution in [2.45, 2.75) is 19.8 Å². The van der Waals surface area contributed by atoms with Gasteiger partial charge in [-0.3, -0.25) is 0 Å². The molecule has 0 spiro atoms. The summed E-state index contributed by atoms with van der Waals surface area (Å²) in [6.07, 6.45) is 0. The lowest BCUT2D eigenvalue weighted by atomic mass is 10.2.